The second kappa shape index (κ2) is 6.61. The fraction of sp³-hybridized carbons (Fsp3) is 0.467. The number of nitrogens with zero attached hydrogens (tertiary/aromatic N) is 1. The second-order valence-corrected chi connectivity index (χ2v) is 5.15. The van der Waals surface area contributed by atoms with Crippen molar-refractivity contribution in [2.45, 2.75) is 25.8 Å². The molecule has 1 aromatic carbocycles. The van der Waals surface area contributed by atoms with Crippen molar-refractivity contribution in [1.29, 1.82) is 0 Å². The Bertz CT molecular complexity index is 496. The highest BCUT2D eigenvalue weighted by Gasteiger charge is 2.22. The van der Waals surface area contributed by atoms with Crippen molar-refractivity contribution in [2.24, 2.45) is 0 Å². The van der Waals surface area contributed by atoms with Crippen LogP contribution in [-0.2, 0) is 4.79 Å². The smallest absolute Gasteiger partial charge is 0.217 e. The van der Waals surface area contributed by atoms with Crippen molar-refractivity contribution in [2.75, 3.05) is 19.6 Å². The molecule has 1 fully saturated rings. The Labute approximate surface area is 118 Å². The highest BCUT2D eigenvalue weighted by molar-refractivity contribution is 5.97. The van der Waals surface area contributed by atoms with Gasteiger partial charge >= 0.3 is 0 Å². The Morgan fingerprint density at radius 2 is 1.95 bits per heavy atom. The molecular weight excluding hydrogens is 259 g/mol. The van der Waals surface area contributed by atoms with E-state index in [1.165, 1.54) is 19.1 Å². The van der Waals surface area contributed by atoms with Gasteiger partial charge in [0.15, 0.2) is 5.78 Å². The molecule has 0 atom stereocenters. The van der Waals surface area contributed by atoms with Crippen molar-refractivity contribution in [3.05, 3.63) is 35.6 Å². The van der Waals surface area contributed by atoms with Gasteiger partial charge in [-0.15, -0.1) is 0 Å². The molecule has 2 rings (SSSR count). The number of ketones is 1. The number of halogens is 1. The van der Waals surface area contributed by atoms with Crippen LogP contribution in [0, 0.1) is 5.82 Å². The monoisotopic (exact) mass is 278 g/mol. The minimum absolute atomic E-state index is 0.0223. The summed E-state index contributed by atoms with van der Waals surface area (Å²) >= 11 is 0. The molecule has 0 spiro atoms. The van der Waals surface area contributed by atoms with E-state index < -0.39 is 5.82 Å². The number of hydrogen-bond donors (Lipinski definition) is 1. The van der Waals surface area contributed by atoms with Crippen LogP contribution in [0.5, 0.6) is 0 Å². The van der Waals surface area contributed by atoms with Crippen molar-refractivity contribution in [3.8, 4) is 0 Å². The van der Waals surface area contributed by atoms with Gasteiger partial charge in [0.05, 0.1) is 12.1 Å². The van der Waals surface area contributed by atoms with Gasteiger partial charge in [-0.3, -0.25) is 14.5 Å². The number of Topliss-reactive ketones (excluding diaryl/α,β-unsaturated/α-hetero) is 1. The molecule has 0 unspecified atom stereocenters. The average Bonchev–Trinajstić information content (AvgIpc) is 2.41. The van der Waals surface area contributed by atoms with Gasteiger partial charge in [-0.05, 0) is 25.0 Å². The number of benzene rings is 1. The number of carbonyl (C=O) groups is 2. The van der Waals surface area contributed by atoms with Crippen LogP contribution in [0.4, 0.5) is 4.39 Å². The largest absolute Gasteiger partial charge is 0.354 e. The summed E-state index contributed by atoms with van der Waals surface area (Å²) < 4.78 is 13.5. The third-order valence-electron chi connectivity index (χ3n) is 3.54. The molecule has 108 valence electrons. The lowest BCUT2D eigenvalue weighted by molar-refractivity contribution is -0.119. The Morgan fingerprint density at radius 1 is 1.30 bits per heavy atom. The molecule has 0 bridgehead atoms. The fourth-order valence-corrected chi connectivity index (χ4v) is 2.50. The molecule has 1 saturated heterocycles. The maximum absolute atomic E-state index is 13.5. The van der Waals surface area contributed by atoms with E-state index in [4.69, 9.17) is 0 Å². The molecule has 0 aliphatic carbocycles. The van der Waals surface area contributed by atoms with E-state index in [1.807, 2.05) is 4.90 Å². The third-order valence-corrected chi connectivity index (χ3v) is 3.54. The second-order valence-electron chi connectivity index (χ2n) is 5.15. The van der Waals surface area contributed by atoms with Crippen LogP contribution in [0.1, 0.15) is 30.1 Å². The lowest BCUT2D eigenvalue weighted by Gasteiger charge is -2.31. The number of hydrogen-bond acceptors (Lipinski definition) is 3. The minimum Gasteiger partial charge on any atom is -0.354 e. The summed E-state index contributed by atoms with van der Waals surface area (Å²) in [5.41, 5.74) is 0.150. The van der Waals surface area contributed by atoms with Crippen LogP contribution in [0.2, 0.25) is 0 Å². The van der Waals surface area contributed by atoms with Gasteiger partial charge in [0.25, 0.3) is 0 Å². The van der Waals surface area contributed by atoms with Crippen molar-refractivity contribution in [3.63, 3.8) is 0 Å². The SMILES string of the molecule is CC(=O)NC1CCN(CC(=O)c2ccccc2F)CC1. The maximum Gasteiger partial charge on any atom is 0.217 e. The summed E-state index contributed by atoms with van der Waals surface area (Å²) in [6, 6.07) is 6.25. The maximum atomic E-state index is 13.5. The van der Waals surface area contributed by atoms with E-state index in [0.29, 0.717) is 0 Å². The predicted octanol–water partition coefficient (Wildman–Crippen LogP) is 1.61. The predicted molar refractivity (Wildman–Crippen MR) is 74.0 cm³/mol. The van der Waals surface area contributed by atoms with Crippen LogP contribution < -0.4 is 5.32 Å². The van der Waals surface area contributed by atoms with Gasteiger partial charge in [-0.25, -0.2) is 4.39 Å². The first-order valence-corrected chi connectivity index (χ1v) is 6.83. The van der Waals surface area contributed by atoms with E-state index in [1.54, 1.807) is 12.1 Å². The summed E-state index contributed by atoms with van der Waals surface area (Å²) in [4.78, 5) is 25.0. The molecule has 1 aliphatic heterocycles. The van der Waals surface area contributed by atoms with Crippen molar-refractivity contribution < 1.29 is 14.0 Å². The highest BCUT2D eigenvalue weighted by atomic mass is 19.1. The zero-order chi connectivity index (χ0) is 14.5. The summed E-state index contributed by atoms with van der Waals surface area (Å²) in [5.74, 6) is -0.683. The molecule has 1 N–H and O–H groups in total. The normalized spacial score (nSPS) is 16.9. The van der Waals surface area contributed by atoms with Crippen molar-refractivity contribution in [1.82, 2.24) is 10.2 Å². The van der Waals surface area contributed by atoms with Gasteiger partial charge in [-0.1, -0.05) is 12.1 Å². The molecule has 1 aliphatic rings. The van der Waals surface area contributed by atoms with Gasteiger partial charge in [0.2, 0.25) is 5.91 Å². The quantitative estimate of drug-likeness (QED) is 0.851. The lowest BCUT2D eigenvalue weighted by Crippen LogP contribution is -2.45. The first kappa shape index (κ1) is 14.7. The van der Waals surface area contributed by atoms with Crippen LogP contribution >= 0.6 is 0 Å². The number of nitrogens with one attached hydrogen (secondary N) is 1. The van der Waals surface area contributed by atoms with Crippen LogP contribution in [0.15, 0.2) is 24.3 Å². The van der Waals surface area contributed by atoms with E-state index in [0.717, 1.165) is 25.9 Å². The molecule has 1 amide bonds. The topological polar surface area (TPSA) is 49.4 Å². The molecule has 0 saturated carbocycles. The van der Waals surface area contributed by atoms with E-state index in [2.05, 4.69) is 5.32 Å². The zero-order valence-corrected chi connectivity index (χ0v) is 11.6. The standard InChI is InChI=1S/C15H19FN2O2/c1-11(19)17-12-6-8-18(9-7-12)10-15(20)13-4-2-3-5-14(13)16/h2-5,12H,6-10H2,1H3,(H,17,19). The molecule has 4 nitrogen and oxygen atoms in total. The Morgan fingerprint density at radius 3 is 2.55 bits per heavy atom. The Kier molecular flexibility index (Phi) is 4.84. The summed E-state index contributed by atoms with van der Waals surface area (Å²) in [6.45, 7) is 3.22. The first-order valence-electron chi connectivity index (χ1n) is 6.83. The Balaban J connectivity index is 1.85. The number of amides is 1. The fourth-order valence-electron chi connectivity index (χ4n) is 2.50. The van der Waals surface area contributed by atoms with E-state index >= 15 is 0 Å². The number of likely N-dealkylation sites (tertiary alicyclic amines) is 1. The highest BCUT2D eigenvalue weighted by Crippen LogP contribution is 2.13. The molecule has 5 heteroatoms. The van der Waals surface area contributed by atoms with Gasteiger partial charge in [0, 0.05) is 26.1 Å². The van der Waals surface area contributed by atoms with Crippen LogP contribution in [0.3, 0.4) is 0 Å². The average molecular weight is 278 g/mol. The Hall–Kier alpha value is -1.75. The first-order chi connectivity index (χ1) is 9.56. The van der Waals surface area contributed by atoms with Crippen LogP contribution in [-0.4, -0.2) is 42.3 Å². The van der Waals surface area contributed by atoms with Crippen LogP contribution in [0.25, 0.3) is 0 Å². The summed E-state index contributed by atoms with van der Waals surface area (Å²) in [6.07, 6.45) is 1.65. The summed E-state index contributed by atoms with van der Waals surface area (Å²) in [7, 11) is 0. The van der Waals surface area contributed by atoms with Gasteiger partial charge in [0.1, 0.15) is 5.82 Å². The van der Waals surface area contributed by atoms with Gasteiger partial charge < -0.3 is 5.32 Å². The number of carbonyl (C=O) groups excluding carboxylic acids is 2. The summed E-state index contributed by atoms with van der Waals surface area (Å²) in [5, 5.41) is 2.89. The molecule has 0 radical (unpaired) electrons. The molecular formula is C15H19FN2O2. The van der Waals surface area contributed by atoms with Gasteiger partial charge in [-0.2, -0.15) is 0 Å². The molecule has 0 aromatic heterocycles. The molecule has 1 heterocycles. The third kappa shape index (κ3) is 3.87. The van der Waals surface area contributed by atoms with Crippen molar-refractivity contribution >= 4 is 11.7 Å². The molecule has 20 heavy (non-hydrogen) atoms. The van der Waals surface area contributed by atoms with E-state index in [9.17, 15) is 14.0 Å². The zero-order valence-electron chi connectivity index (χ0n) is 11.6. The lowest BCUT2D eigenvalue weighted by atomic mass is 10.0. The molecule has 1 aromatic rings. The minimum atomic E-state index is -0.467. The number of piperidine rings is 1. The van der Waals surface area contributed by atoms with E-state index in [-0.39, 0.29) is 29.8 Å². The number of rotatable bonds is 4.